The quantitative estimate of drug-likeness (QED) is 0.709. The highest BCUT2D eigenvalue weighted by molar-refractivity contribution is 7.85. The van der Waals surface area contributed by atoms with E-state index < -0.39 is 10.1 Å². The minimum Gasteiger partial charge on any atom is -0.490 e. The van der Waals surface area contributed by atoms with Crippen LogP contribution in [-0.2, 0) is 21.3 Å². The van der Waals surface area contributed by atoms with Gasteiger partial charge in [-0.3, -0.25) is 4.55 Å². The fraction of sp³-hybridized carbons (Fsp3) is 0.400. The number of nitrogens with one attached hydrogen (secondary N) is 1. The molecule has 2 aromatic carbocycles. The van der Waals surface area contributed by atoms with Crippen molar-refractivity contribution in [2.24, 2.45) is 0 Å². The summed E-state index contributed by atoms with van der Waals surface area (Å²) in [6.07, 6.45) is 1.74. The molecule has 1 aliphatic heterocycles. The molecular formula is C20H27NO6S. The minimum atomic E-state index is -3.67. The van der Waals surface area contributed by atoms with Gasteiger partial charge in [0.25, 0.3) is 10.1 Å². The van der Waals surface area contributed by atoms with E-state index in [9.17, 15) is 8.42 Å². The summed E-state index contributed by atoms with van der Waals surface area (Å²) in [5, 5.41) is 3.36. The van der Waals surface area contributed by atoms with E-state index in [0.717, 1.165) is 48.9 Å². The molecule has 1 atom stereocenters. The summed E-state index contributed by atoms with van der Waals surface area (Å²) in [4.78, 5) is 0. The SMILES string of the molecule is CCOc1ccccc1Oc1ccccc1CC1CNCCO1.CS(=O)(=O)O. The second-order valence-corrected chi connectivity index (χ2v) is 7.69. The van der Waals surface area contributed by atoms with E-state index in [1.807, 2.05) is 49.4 Å². The van der Waals surface area contributed by atoms with E-state index in [1.54, 1.807) is 0 Å². The van der Waals surface area contributed by atoms with Crippen LogP contribution < -0.4 is 14.8 Å². The Morgan fingerprint density at radius 1 is 1.11 bits per heavy atom. The van der Waals surface area contributed by atoms with Crippen LogP contribution >= 0.6 is 0 Å². The molecule has 1 fully saturated rings. The van der Waals surface area contributed by atoms with Crippen LogP contribution in [0.1, 0.15) is 12.5 Å². The lowest BCUT2D eigenvalue weighted by Crippen LogP contribution is -2.39. The Morgan fingerprint density at radius 2 is 1.71 bits per heavy atom. The van der Waals surface area contributed by atoms with Crippen LogP contribution in [0.3, 0.4) is 0 Å². The van der Waals surface area contributed by atoms with Crippen molar-refractivity contribution in [1.82, 2.24) is 5.32 Å². The maximum absolute atomic E-state index is 9.19. The number of morpholine rings is 1. The number of hydrogen-bond acceptors (Lipinski definition) is 6. The van der Waals surface area contributed by atoms with Crippen LogP contribution in [0, 0.1) is 0 Å². The van der Waals surface area contributed by atoms with Crippen molar-refractivity contribution in [1.29, 1.82) is 0 Å². The van der Waals surface area contributed by atoms with E-state index in [2.05, 4.69) is 11.4 Å². The van der Waals surface area contributed by atoms with Crippen molar-refractivity contribution in [3.63, 3.8) is 0 Å². The predicted octanol–water partition coefficient (Wildman–Crippen LogP) is 2.91. The second-order valence-electron chi connectivity index (χ2n) is 6.22. The van der Waals surface area contributed by atoms with Crippen molar-refractivity contribution in [3.8, 4) is 17.2 Å². The lowest BCUT2D eigenvalue weighted by Gasteiger charge is -2.24. The third-order valence-electron chi connectivity index (χ3n) is 3.79. The Morgan fingerprint density at radius 3 is 2.32 bits per heavy atom. The van der Waals surface area contributed by atoms with Gasteiger partial charge in [0.05, 0.1) is 25.6 Å². The third-order valence-corrected chi connectivity index (χ3v) is 3.79. The van der Waals surface area contributed by atoms with Crippen molar-refractivity contribution in [2.45, 2.75) is 19.4 Å². The number of benzene rings is 2. The van der Waals surface area contributed by atoms with Crippen molar-refractivity contribution >= 4 is 10.1 Å². The highest BCUT2D eigenvalue weighted by Gasteiger charge is 2.17. The molecule has 7 nitrogen and oxygen atoms in total. The van der Waals surface area contributed by atoms with Crippen molar-refractivity contribution < 1.29 is 27.2 Å². The van der Waals surface area contributed by atoms with Crippen LogP contribution in [0.15, 0.2) is 48.5 Å². The smallest absolute Gasteiger partial charge is 0.261 e. The molecule has 154 valence electrons. The topological polar surface area (TPSA) is 94.1 Å². The van der Waals surface area contributed by atoms with Crippen LogP contribution in [0.25, 0.3) is 0 Å². The number of hydrogen-bond donors (Lipinski definition) is 2. The number of ether oxygens (including phenoxy) is 3. The Hall–Kier alpha value is -2.13. The van der Waals surface area contributed by atoms with Crippen LogP contribution in [0.4, 0.5) is 0 Å². The molecule has 0 aromatic heterocycles. The molecule has 8 heteroatoms. The average molecular weight is 410 g/mol. The summed E-state index contributed by atoms with van der Waals surface area (Å²) < 4.78 is 43.4. The van der Waals surface area contributed by atoms with Crippen LogP contribution in [0.5, 0.6) is 17.2 Å². The first-order valence-electron chi connectivity index (χ1n) is 9.09. The minimum absolute atomic E-state index is 0.190. The maximum Gasteiger partial charge on any atom is 0.261 e. The van der Waals surface area contributed by atoms with Gasteiger partial charge in [-0.25, -0.2) is 0 Å². The Kier molecular flexibility index (Phi) is 8.72. The monoisotopic (exact) mass is 409 g/mol. The number of rotatable bonds is 6. The van der Waals surface area contributed by atoms with Gasteiger partial charge in [0, 0.05) is 19.5 Å². The van der Waals surface area contributed by atoms with E-state index in [-0.39, 0.29) is 6.10 Å². The molecule has 2 aromatic rings. The highest BCUT2D eigenvalue weighted by atomic mass is 32.2. The summed E-state index contributed by atoms with van der Waals surface area (Å²) in [5.41, 5.74) is 1.15. The Balaban J connectivity index is 0.000000500. The first kappa shape index (κ1) is 22.2. The molecule has 0 aliphatic carbocycles. The molecule has 1 saturated heterocycles. The maximum atomic E-state index is 9.19. The Bertz CT molecular complexity index is 826. The van der Waals surface area contributed by atoms with Gasteiger partial charge in [-0.05, 0) is 30.7 Å². The zero-order chi connectivity index (χ0) is 20.4. The van der Waals surface area contributed by atoms with E-state index in [0.29, 0.717) is 12.9 Å². The van der Waals surface area contributed by atoms with Gasteiger partial charge in [0.2, 0.25) is 0 Å². The normalized spacial score (nSPS) is 16.6. The van der Waals surface area contributed by atoms with Crippen LogP contribution in [0.2, 0.25) is 0 Å². The third kappa shape index (κ3) is 8.26. The molecule has 3 rings (SSSR count). The lowest BCUT2D eigenvalue weighted by molar-refractivity contribution is 0.0289. The molecule has 0 amide bonds. The molecule has 0 spiro atoms. The van der Waals surface area contributed by atoms with E-state index in [4.69, 9.17) is 18.8 Å². The zero-order valence-corrected chi connectivity index (χ0v) is 16.9. The van der Waals surface area contributed by atoms with Gasteiger partial charge in [-0.2, -0.15) is 8.42 Å². The summed E-state index contributed by atoms with van der Waals surface area (Å²) in [6.45, 7) is 5.16. The molecule has 2 N–H and O–H groups in total. The van der Waals surface area contributed by atoms with E-state index in [1.165, 1.54) is 0 Å². The molecule has 0 bridgehead atoms. The highest BCUT2D eigenvalue weighted by Crippen LogP contribution is 2.33. The van der Waals surface area contributed by atoms with Gasteiger partial charge in [0.15, 0.2) is 11.5 Å². The summed E-state index contributed by atoms with van der Waals surface area (Å²) in [5.74, 6) is 2.36. The fourth-order valence-electron chi connectivity index (χ4n) is 2.70. The lowest BCUT2D eigenvalue weighted by atomic mass is 10.1. The van der Waals surface area contributed by atoms with Gasteiger partial charge >= 0.3 is 0 Å². The standard InChI is InChI=1S/C19H23NO3.CH4O3S/c1-2-21-18-9-5-6-10-19(18)23-17-8-4-3-7-15(17)13-16-14-20-11-12-22-16;1-5(2,3)4/h3-10,16,20H,2,11-14H2,1H3;1H3,(H,2,3,4). The first-order chi connectivity index (χ1) is 13.4. The van der Waals surface area contributed by atoms with Gasteiger partial charge in [0.1, 0.15) is 5.75 Å². The molecule has 1 heterocycles. The molecule has 28 heavy (non-hydrogen) atoms. The largest absolute Gasteiger partial charge is 0.490 e. The second kappa shape index (κ2) is 11.0. The average Bonchev–Trinajstić information content (AvgIpc) is 2.65. The fourth-order valence-corrected chi connectivity index (χ4v) is 2.70. The molecule has 1 unspecified atom stereocenters. The predicted molar refractivity (Wildman–Crippen MR) is 108 cm³/mol. The number of para-hydroxylation sites is 3. The van der Waals surface area contributed by atoms with Crippen molar-refractivity contribution in [3.05, 3.63) is 54.1 Å². The Labute approximate surface area is 166 Å². The van der Waals surface area contributed by atoms with Crippen molar-refractivity contribution in [2.75, 3.05) is 32.6 Å². The van der Waals surface area contributed by atoms with Gasteiger partial charge in [-0.15, -0.1) is 0 Å². The zero-order valence-electron chi connectivity index (χ0n) is 16.1. The van der Waals surface area contributed by atoms with Gasteiger partial charge in [-0.1, -0.05) is 30.3 Å². The molecular weight excluding hydrogens is 382 g/mol. The summed E-state index contributed by atoms with van der Waals surface area (Å²) >= 11 is 0. The molecule has 0 radical (unpaired) electrons. The van der Waals surface area contributed by atoms with E-state index >= 15 is 0 Å². The van der Waals surface area contributed by atoms with Gasteiger partial charge < -0.3 is 19.5 Å². The first-order valence-corrected chi connectivity index (χ1v) is 10.9. The molecule has 0 saturated carbocycles. The summed E-state index contributed by atoms with van der Waals surface area (Å²) in [7, 11) is -3.67. The van der Waals surface area contributed by atoms with Crippen LogP contribution in [-0.4, -0.2) is 51.6 Å². The molecule has 1 aliphatic rings. The summed E-state index contributed by atoms with van der Waals surface area (Å²) in [6, 6.07) is 15.9.